The number of aromatic amines is 1. The number of aromatic nitrogens is 3. The molecule has 0 amide bonds. The first-order valence-electron chi connectivity index (χ1n) is 1.98. The molecule has 1 heterocycles. The van der Waals surface area contributed by atoms with Crippen molar-refractivity contribution in [1.82, 2.24) is 15.0 Å². The van der Waals surface area contributed by atoms with Crippen LogP contribution in [0.25, 0.3) is 0 Å². The van der Waals surface area contributed by atoms with E-state index in [1.54, 1.807) is 0 Å². The molecule has 0 saturated carbocycles. The van der Waals surface area contributed by atoms with E-state index < -0.39 is 5.69 Å². The van der Waals surface area contributed by atoms with Gasteiger partial charge in [0.25, 0.3) is 0 Å². The van der Waals surface area contributed by atoms with Gasteiger partial charge < -0.3 is 1.43 Å². The zero-order chi connectivity index (χ0) is 6.85. The molecular formula is C3H2Cl2KN3O. The zero-order valence-corrected chi connectivity index (χ0v) is 9.69. The van der Waals surface area contributed by atoms with Gasteiger partial charge >= 0.3 is 57.1 Å². The Morgan fingerprint density at radius 1 is 1.40 bits per heavy atom. The molecule has 1 aromatic rings. The van der Waals surface area contributed by atoms with Gasteiger partial charge in [-0.25, -0.2) is 4.79 Å². The fraction of sp³-hybridized carbons (Fsp3) is 0. The molecule has 50 valence electrons. The molecule has 0 aliphatic carbocycles. The van der Waals surface area contributed by atoms with Gasteiger partial charge in [0.15, 0.2) is 0 Å². The molecule has 1 N–H and O–H groups in total. The maximum Gasteiger partial charge on any atom is 1.00 e. The SMILES string of the molecule is O=c1nc(Cl)nc(Cl)[nH]1.[H-].[K+]. The van der Waals surface area contributed by atoms with Gasteiger partial charge in [0.05, 0.1) is 0 Å². The topological polar surface area (TPSA) is 58.6 Å². The summed E-state index contributed by atoms with van der Waals surface area (Å²) < 4.78 is 0. The van der Waals surface area contributed by atoms with Crippen molar-refractivity contribution in [2.45, 2.75) is 0 Å². The van der Waals surface area contributed by atoms with Gasteiger partial charge in [-0.2, -0.15) is 9.97 Å². The van der Waals surface area contributed by atoms with Crippen LogP contribution in [-0.2, 0) is 0 Å². The number of nitrogens with zero attached hydrogens (tertiary/aromatic N) is 2. The predicted molar refractivity (Wildman–Crippen MR) is 33.8 cm³/mol. The minimum atomic E-state index is -0.597. The number of nitrogens with one attached hydrogen (secondary N) is 1. The molecule has 0 atom stereocenters. The van der Waals surface area contributed by atoms with Crippen LogP contribution >= 0.6 is 23.2 Å². The second kappa shape index (κ2) is 4.81. The van der Waals surface area contributed by atoms with Gasteiger partial charge in [-0.1, -0.05) is 0 Å². The van der Waals surface area contributed by atoms with Crippen LogP contribution in [0.2, 0.25) is 10.6 Å². The minimum absolute atomic E-state index is 0. The van der Waals surface area contributed by atoms with Gasteiger partial charge in [0.2, 0.25) is 10.6 Å². The van der Waals surface area contributed by atoms with Crippen molar-refractivity contribution >= 4 is 23.2 Å². The first kappa shape index (κ1) is 11.0. The summed E-state index contributed by atoms with van der Waals surface area (Å²) in [6.07, 6.45) is 0. The largest absolute Gasteiger partial charge is 1.00 e. The van der Waals surface area contributed by atoms with E-state index in [2.05, 4.69) is 15.0 Å². The summed E-state index contributed by atoms with van der Waals surface area (Å²) in [5, 5.41) is -0.205. The summed E-state index contributed by atoms with van der Waals surface area (Å²) in [5.41, 5.74) is -0.597. The average Bonchev–Trinajstić information content (AvgIpc) is 1.59. The molecule has 0 radical (unpaired) electrons. The first-order chi connectivity index (χ1) is 4.18. The average molecular weight is 206 g/mol. The normalized spacial score (nSPS) is 8.60. The van der Waals surface area contributed by atoms with Crippen LogP contribution in [0.4, 0.5) is 0 Å². The van der Waals surface area contributed by atoms with E-state index in [0.29, 0.717) is 0 Å². The van der Waals surface area contributed by atoms with E-state index in [1.807, 2.05) is 0 Å². The Labute approximate surface area is 110 Å². The molecule has 1 aromatic heterocycles. The third-order valence-corrected chi connectivity index (χ3v) is 0.942. The molecule has 0 saturated heterocycles. The van der Waals surface area contributed by atoms with Crippen LogP contribution in [0, 0.1) is 0 Å². The number of hydrogen-bond donors (Lipinski definition) is 1. The Morgan fingerprint density at radius 2 is 2.00 bits per heavy atom. The monoisotopic (exact) mass is 205 g/mol. The number of H-pyrrole nitrogens is 1. The summed E-state index contributed by atoms with van der Waals surface area (Å²) in [7, 11) is 0. The molecular weight excluding hydrogens is 204 g/mol. The molecule has 10 heavy (non-hydrogen) atoms. The zero-order valence-electron chi connectivity index (χ0n) is 6.06. The maximum atomic E-state index is 10.3. The van der Waals surface area contributed by atoms with E-state index >= 15 is 0 Å². The van der Waals surface area contributed by atoms with Crippen molar-refractivity contribution in [3.8, 4) is 0 Å². The molecule has 0 aromatic carbocycles. The van der Waals surface area contributed by atoms with Crippen molar-refractivity contribution < 1.29 is 52.8 Å². The van der Waals surface area contributed by atoms with E-state index in [1.165, 1.54) is 0 Å². The fourth-order valence-electron chi connectivity index (χ4n) is 0.334. The molecule has 1 rings (SSSR count). The van der Waals surface area contributed by atoms with Crippen LogP contribution in [0.1, 0.15) is 1.43 Å². The van der Waals surface area contributed by atoms with E-state index in [-0.39, 0.29) is 63.4 Å². The Balaban J connectivity index is 0. The van der Waals surface area contributed by atoms with Crippen molar-refractivity contribution in [1.29, 1.82) is 0 Å². The van der Waals surface area contributed by atoms with Crippen LogP contribution in [0.3, 0.4) is 0 Å². The minimum Gasteiger partial charge on any atom is -1.00 e. The van der Waals surface area contributed by atoms with E-state index in [9.17, 15) is 4.79 Å². The molecule has 0 spiro atoms. The van der Waals surface area contributed by atoms with Crippen molar-refractivity contribution in [2.75, 3.05) is 0 Å². The summed E-state index contributed by atoms with van der Waals surface area (Å²) >= 11 is 10.5. The molecule has 0 unspecified atom stereocenters. The molecule has 0 fully saturated rings. The van der Waals surface area contributed by atoms with Crippen molar-refractivity contribution in [3.05, 3.63) is 21.1 Å². The Morgan fingerprint density at radius 3 is 2.40 bits per heavy atom. The van der Waals surface area contributed by atoms with Gasteiger partial charge in [-0.05, 0) is 23.2 Å². The Hall–Kier alpha value is 1.03. The second-order valence-electron chi connectivity index (χ2n) is 1.21. The van der Waals surface area contributed by atoms with Crippen LogP contribution < -0.4 is 57.1 Å². The van der Waals surface area contributed by atoms with Crippen LogP contribution in [0.15, 0.2) is 4.79 Å². The van der Waals surface area contributed by atoms with Gasteiger partial charge in [-0.15, -0.1) is 0 Å². The predicted octanol–water partition coefficient (Wildman–Crippen LogP) is -2.41. The summed E-state index contributed by atoms with van der Waals surface area (Å²) in [6.45, 7) is 0. The number of halogens is 2. The van der Waals surface area contributed by atoms with Crippen molar-refractivity contribution in [3.63, 3.8) is 0 Å². The van der Waals surface area contributed by atoms with Gasteiger partial charge in [0, 0.05) is 0 Å². The molecule has 7 heteroatoms. The van der Waals surface area contributed by atoms with Crippen molar-refractivity contribution in [2.24, 2.45) is 0 Å². The number of hydrogen-bond acceptors (Lipinski definition) is 3. The Bertz CT molecular complexity index is 256. The Kier molecular flexibility index (Phi) is 5.31. The quantitative estimate of drug-likeness (QED) is 0.481. The molecule has 0 bridgehead atoms. The standard InChI is InChI=1S/C3HCl2N3O.K.H/c4-1-6-2(5)8-3(9)7-1;;/h(H,6,7,8,9);;/q;+1;-1. The van der Waals surface area contributed by atoms with E-state index in [0.717, 1.165) is 0 Å². The van der Waals surface area contributed by atoms with Crippen LogP contribution in [0.5, 0.6) is 0 Å². The summed E-state index contributed by atoms with van der Waals surface area (Å²) in [5.74, 6) is 0. The molecule has 0 aliphatic rings. The smallest absolute Gasteiger partial charge is 1.00 e. The summed E-state index contributed by atoms with van der Waals surface area (Å²) in [6, 6.07) is 0. The third kappa shape index (κ3) is 3.43. The maximum absolute atomic E-state index is 10.3. The molecule has 0 aliphatic heterocycles. The van der Waals surface area contributed by atoms with Gasteiger partial charge in [0.1, 0.15) is 0 Å². The first-order valence-corrected chi connectivity index (χ1v) is 2.73. The third-order valence-electron chi connectivity index (χ3n) is 0.594. The van der Waals surface area contributed by atoms with E-state index in [4.69, 9.17) is 23.2 Å². The molecule has 4 nitrogen and oxygen atoms in total. The van der Waals surface area contributed by atoms with Crippen LogP contribution in [-0.4, -0.2) is 15.0 Å². The van der Waals surface area contributed by atoms with Gasteiger partial charge in [-0.3, -0.25) is 4.98 Å². The second-order valence-corrected chi connectivity index (χ2v) is 1.91. The summed E-state index contributed by atoms with van der Waals surface area (Å²) in [4.78, 5) is 19.0. The number of rotatable bonds is 0. The fourth-order valence-corrected chi connectivity index (χ4v) is 0.699.